The van der Waals surface area contributed by atoms with E-state index in [9.17, 15) is 4.79 Å². The third-order valence-electron chi connectivity index (χ3n) is 6.84. The number of anilines is 1. The zero-order chi connectivity index (χ0) is 19.8. The van der Waals surface area contributed by atoms with Crippen LogP contribution in [0.15, 0.2) is 6.33 Å². The fourth-order valence-corrected chi connectivity index (χ4v) is 6.37. The zero-order valence-electron chi connectivity index (χ0n) is 16.7. The Morgan fingerprint density at radius 2 is 1.97 bits per heavy atom. The van der Waals surface area contributed by atoms with E-state index in [0.29, 0.717) is 12.1 Å². The van der Waals surface area contributed by atoms with Gasteiger partial charge in [-0.2, -0.15) is 0 Å². The quantitative estimate of drug-likeness (QED) is 0.796. The number of aromatic nitrogens is 2. The molecule has 0 aromatic carbocycles. The van der Waals surface area contributed by atoms with Crippen LogP contribution < -0.4 is 11.1 Å². The number of carbonyl (C=O) groups excluding carboxylic acids is 1. The van der Waals surface area contributed by atoms with Crippen LogP contribution in [0.1, 0.15) is 42.5 Å². The summed E-state index contributed by atoms with van der Waals surface area (Å²) in [5.41, 5.74) is 6.85. The second-order valence-electron chi connectivity index (χ2n) is 8.55. The van der Waals surface area contributed by atoms with Crippen molar-refractivity contribution in [2.24, 2.45) is 11.7 Å². The van der Waals surface area contributed by atoms with Gasteiger partial charge in [-0.3, -0.25) is 9.69 Å². The van der Waals surface area contributed by atoms with Gasteiger partial charge in [-0.15, -0.1) is 11.3 Å². The Kier molecular flexibility index (Phi) is 5.41. The predicted octanol–water partition coefficient (Wildman–Crippen LogP) is 2.34. The summed E-state index contributed by atoms with van der Waals surface area (Å²) in [7, 11) is 0. The molecule has 7 nitrogen and oxygen atoms in total. The minimum Gasteiger partial charge on any atom is -0.379 e. The van der Waals surface area contributed by atoms with E-state index >= 15 is 0 Å². The van der Waals surface area contributed by atoms with E-state index in [1.165, 1.54) is 23.3 Å². The number of carbonyl (C=O) groups is 1. The van der Waals surface area contributed by atoms with Gasteiger partial charge in [-0.1, -0.05) is 0 Å². The summed E-state index contributed by atoms with van der Waals surface area (Å²) in [5, 5.41) is 4.84. The molecule has 2 aliphatic carbocycles. The first kappa shape index (κ1) is 19.2. The molecule has 0 unspecified atom stereocenters. The summed E-state index contributed by atoms with van der Waals surface area (Å²) in [5.74, 6) is 0.674. The molecule has 5 rings (SSSR count). The summed E-state index contributed by atoms with van der Waals surface area (Å²) >= 11 is 1.75. The highest BCUT2D eigenvalue weighted by molar-refractivity contribution is 7.19. The maximum atomic E-state index is 11.8. The van der Waals surface area contributed by atoms with Gasteiger partial charge in [0.25, 0.3) is 0 Å². The van der Waals surface area contributed by atoms with Gasteiger partial charge in [-0.25, -0.2) is 9.97 Å². The van der Waals surface area contributed by atoms with Crippen molar-refractivity contribution in [3.05, 3.63) is 16.8 Å². The van der Waals surface area contributed by atoms with Gasteiger partial charge in [0.15, 0.2) is 0 Å². The van der Waals surface area contributed by atoms with Crippen LogP contribution in [0, 0.1) is 5.92 Å². The normalized spacial score (nSPS) is 28.2. The van der Waals surface area contributed by atoms with Crippen LogP contribution in [0.5, 0.6) is 0 Å². The second-order valence-corrected chi connectivity index (χ2v) is 9.63. The summed E-state index contributed by atoms with van der Waals surface area (Å²) in [6, 6.07) is 1.13. The SMILES string of the molecule is NC(=O)[C@H]1CCc2sc3ncnc(N[C@H]4CC[C@H](N5CCOCC5)CC4)c3c2C1. The Bertz CT molecular complexity index is 887. The van der Waals surface area contributed by atoms with Crippen LogP contribution in [0.3, 0.4) is 0 Å². The molecule has 0 bridgehead atoms. The fraction of sp³-hybridized carbons (Fsp3) is 0.667. The van der Waals surface area contributed by atoms with E-state index in [1.54, 1.807) is 17.7 Å². The summed E-state index contributed by atoms with van der Waals surface area (Å²) < 4.78 is 5.50. The van der Waals surface area contributed by atoms with Gasteiger partial charge >= 0.3 is 0 Å². The monoisotopic (exact) mass is 415 g/mol. The van der Waals surface area contributed by atoms with Gasteiger partial charge in [0.2, 0.25) is 5.91 Å². The first-order valence-electron chi connectivity index (χ1n) is 10.8. The molecule has 0 spiro atoms. The number of nitrogens with two attached hydrogens (primary N) is 1. The van der Waals surface area contributed by atoms with E-state index in [4.69, 9.17) is 10.5 Å². The molecule has 29 heavy (non-hydrogen) atoms. The van der Waals surface area contributed by atoms with Crippen LogP contribution in [0.4, 0.5) is 5.82 Å². The van der Waals surface area contributed by atoms with Gasteiger partial charge in [0, 0.05) is 36.0 Å². The first-order valence-corrected chi connectivity index (χ1v) is 11.6. The van der Waals surface area contributed by atoms with Crippen LogP contribution in [-0.2, 0) is 22.4 Å². The number of hydrogen-bond acceptors (Lipinski definition) is 7. The van der Waals surface area contributed by atoms with Crippen LogP contribution >= 0.6 is 11.3 Å². The van der Waals surface area contributed by atoms with Gasteiger partial charge in [-0.05, 0) is 50.5 Å². The lowest BCUT2D eigenvalue weighted by molar-refractivity contribution is -0.122. The van der Waals surface area contributed by atoms with E-state index in [2.05, 4.69) is 20.2 Å². The van der Waals surface area contributed by atoms with Gasteiger partial charge < -0.3 is 15.8 Å². The molecule has 8 heteroatoms. The van der Waals surface area contributed by atoms with Crippen molar-refractivity contribution in [2.45, 2.75) is 57.0 Å². The van der Waals surface area contributed by atoms with Crippen LogP contribution in [-0.4, -0.2) is 59.2 Å². The molecule has 2 aromatic heterocycles. The van der Waals surface area contributed by atoms with Crippen molar-refractivity contribution in [3.63, 3.8) is 0 Å². The highest BCUT2D eigenvalue weighted by Gasteiger charge is 2.30. The smallest absolute Gasteiger partial charge is 0.220 e. The topological polar surface area (TPSA) is 93.4 Å². The molecule has 3 N–H and O–H groups in total. The van der Waals surface area contributed by atoms with E-state index in [1.807, 2.05) is 0 Å². The summed E-state index contributed by atoms with van der Waals surface area (Å²) in [4.78, 5) is 25.8. The van der Waals surface area contributed by atoms with Crippen molar-refractivity contribution >= 4 is 33.3 Å². The number of nitrogens with one attached hydrogen (secondary N) is 1. The molecule has 1 saturated heterocycles. The number of ether oxygens (including phenoxy) is 1. The zero-order valence-corrected chi connectivity index (χ0v) is 17.5. The largest absolute Gasteiger partial charge is 0.379 e. The number of fused-ring (bicyclic) bond motifs is 3. The fourth-order valence-electron chi connectivity index (χ4n) is 5.18. The van der Waals surface area contributed by atoms with E-state index in [0.717, 1.165) is 74.4 Å². The Morgan fingerprint density at radius 3 is 2.72 bits per heavy atom. The van der Waals surface area contributed by atoms with Crippen molar-refractivity contribution in [1.82, 2.24) is 14.9 Å². The van der Waals surface area contributed by atoms with Gasteiger partial charge in [0.05, 0.1) is 18.6 Å². The molecular weight excluding hydrogens is 386 g/mol. The maximum absolute atomic E-state index is 11.8. The summed E-state index contributed by atoms with van der Waals surface area (Å²) in [6.45, 7) is 3.87. The summed E-state index contributed by atoms with van der Waals surface area (Å²) in [6.07, 6.45) is 8.89. The number of amides is 1. The molecule has 2 aromatic rings. The minimum atomic E-state index is -0.192. The molecule has 0 radical (unpaired) electrons. The lowest BCUT2D eigenvalue weighted by Gasteiger charge is -2.39. The lowest BCUT2D eigenvalue weighted by atomic mass is 9.86. The second kappa shape index (κ2) is 8.16. The number of morpholine rings is 1. The van der Waals surface area contributed by atoms with Crippen molar-refractivity contribution in [1.29, 1.82) is 0 Å². The number of hydrogen-bond donors (Lipinski definition) is 2. The number of thiophene rings is 1. The van der Waals surface area contributed by atoms with Crippen molar-refractivity contribution in [3.8, 4) is 0 Å². The molecule has 1 aliphatic heterocycles. The third kappa shape index (κ3) is 3.85. The van der Waals surface area contributed by atoms with Crippen LogP contribution in [0.2, 0.25) is 0 Å². The third-order valence-corrected chi connectivity index (χ3v) is 8.04. The predicted molar refractivity (Wildman–Crippen MR) is 114 cm³/mol. The Labute approximate surface area is 175 Å². The molecule has 1 atom stereocenters. The Balaban J connectivity index is 1.31. The maximum Gasteiger partial charge on any atom is 0.220 e. The number of aryl methyl sites for hydroxylation is 1. The van der Waals surface area contributed by atoms with Crippen molar-refractivity contribution < 1.29 is 9.53 Å². The lowest BCUT2D eigenvalue weighted by Crippen LogP contribution is -2.46. The van der Waals surface area contributed by atoms with Crippen LogP contribution in [0.25, 0.3) is 10.2 Å². The average Bonchev–Trinajstić information content (AvgIpc) is 3.13. The van der Waals surface area contributed by atoms with E-state index < -0.39 is 0 Å². The highest BCUT2D eigenvalue weighted by atomic mass is 32.1. The van der Waals surface area contributed by atoms with Gasteiger partial charge in [0.1, 0.15) is 17.0 Å². The standard InChI is InChI=1S/C21H29N5O2S/c22-19(27)13-1-6-17-16(11-13)18-20(23-12-24-21(18)29-17)25-14-2-4-15(5-3-14)26-7-9-28-10-8-26/h12-15H,1-11H2,(H2,22,27)(H,23,24,25)/t13-,14-,15-/m0/s1. The average molecular weight is 416 g/mol. The Morgan fingerprint density at radius 1 is 1.17 bits per heavy atom. The molecule has 1 amide bonds. The van der Waals surface area contributed by atoms with Crippen molar-refractivity contribution in [2.75, 3.05) is 31.6 Å². The molecule has 1 saturated carbocycles. The van der Waals surface area contributed by atoms with E-state index in [-0.39, 0.29) is 11.8 Å². The molecule has 156 valence electrons. The molecule has 3 heterocycles. The number of rotatable bonds is 4. The molecular formula is C21H29N5O2S. The Hall–Kier alpha value is -1.77. The first-order chi connectivity index (χ1) is 14.2. The molecule has 2 fully saturated rings. The number of primary amides is 1. The number of nitrogens with zero attached hydrogens (tertiary/aromatic N) is 3. The molecule has 3 aliphatic rings. The minimum absolute atomic E-state index is 0.0719. The highest BCUT2D eigenvalue weighted by Crippen LogP contribution is 2.40.